The number of aromatic amines is 1. The van der Waals surface area contributed by atoms with Crippen molar-refractivity contribution in [2.24, 2.45) is 0 Å². The Bertz CT molecular complexity index is 723. The van der Waals surface area contributed by atoms with Gasteiger partial charge in [-0.05, 0) is 18.6 Å². The molecule has 3 aromatic rings. The molecular weight excluding hydrogens is 266 g/mol. The first-order chi connectivity index (χ1) is 10.3. The van der Waals surface area contributed by atoms with Crippen LogP contribution in [0.4, 0.5) is 11.8 Å². The summed E-state index contributed by atoms with van der Waals surface area (Å²) in [4.78, 5) is 22.5. The zero-order chi connectivity index (χ0) is 14.7. The Morgan fingerprint density at radius 2 is 2.24 bits per heavy atom. The van der Waals surface area contributed by atoms with Crippen LogP contribution in [-0.2, 0) is 6.54 Å². The molecule has 0 saturated carbocycles. The number of hydrogen-bond donors (Lipinski definition) is 2. The van der Waals surface area contributed by atoms with Crippen LogP contribution in [0.5, 0.6) is 0 Å². The lowest BCUT2D eigenvalue weighted by Gasteiger charge is -2.19. The molecule has 7 heteroatoms. The van der Waals surface area contributed by atoms with E-state index in [-0.39, 0.29) is 0 Å². The van der Waals surface area contributed by atoms with Gasteiger partial charge in [-0.25, -0.2) is 4.98 Å². The number of nitrogens with zero attached hydrogens (tertiary/aromatic N) is 5. The van der Waals surface area contributed by atoms with E-state index in [1.807, 2.05) is 32.3 Å². The summed E-state index contributed by atoms with van der Waals surface area (Å²) < 4.78 is 0. The molecule has 21 heavy (non-hydrogen) atoms. The van der Waals surface area contributed by atoms with Crippen molar-refractivity contribution in [3.05, 3.63) is 36.4 Å². The average Bonchev–Trinajstić information content (AvgIpc) is 2.96. The Morgan fingerprint density at radius 3 is 3.00 bits per heavy atom. The van der Waals surface area contributed by atoms with E-state index in [2.05, 4.69) is 35.1 Å². The lowest BCUT2D eigenvalue weighted by atomic mass is 10.2. The fourth-order valence-electron chi connectivity index (χ4n) is 2.17. The van der Waals surface area contributed by atoms with Crippen LogP contribution >= 0.6 is 0 Å². The number of fused-ring (bicyclic) bond motifs is 1. The van der Waals surface area contributed by atoms with Gasteiger partial charge >= 0.3 is 0 Å². The minimum Gasteiger partial charge on any atom is -0.354 e. The van der Waals surface area contributed by atoms with Gasteiger partial charge in [0.15, 0.2) is 11.5 Å². The third kappa shape index (κ3) is 2.76. The highest BCUT2D eigenvalue weighted by atomic mass is 15.2. The van der Waals surface area contributed by atoms with Crippen molar-refractivity contribution in [3.63, 3.8) is 0 Å². The number of aromatic nitrogens is 5. The Labute approximate surface area is 122 Å². The second kappa shape index (κ2) is 5.74. The molecule has 0 atom stereocenters. The number of hydrogen-bond acceptors (Lipinski definition) is 6. The lowest BCUT2D eigenvalue weighted by molar-refractivity contribution is 0.891. The third-order valence-electron chi connectivity index (χ3n) is 3.11. The highest BCUT2D eigenvalue weighted by Crippen LogP contribution is 2.22. The van der Waals surface area contributed by atoms with E-state index in [0.717, 1.165) is 23.4 Å². The second-order valence-electron chi connectivity index (χ2n) is 4.72. The van der Waals surface area contributed by atoms with Gasteiger partial charge in [-0.3, -0.25) is 4.98 Å². The number of imidazole rings is 1. The number of rotatable bonds is 5. The van der Waals surface area contributed by atoms with Crippen LogP contribution in [0, 0.1) is 0 Å². The molecule has 3 heterocycles. The molecular formula is C14H17N7. The molecule has 0 saturated heterocycles. The van der Waals surface area contributed by atoms with Crippen LogP contribution in [0.15, 0.2) is 30.9 Å². The fraction of sp³-hybridized carbons (Fsp3) is 0.286. The first-order valence-electron chi connectivity index (χ1n) is 6.83. The van der Waals surface area contributed by atoms with Crippen molar-refractivity contribution >= 4 is 22.9 Å². The maximum absolute atomic E-state index is 4.57. The molecule has 7 nitrogen and oxygen atoms in total. The SMILES string of the molecule is CCNc1nc(N(C)Cc2cccnc2)c2[nH]cnc2n1. The normalized spacial score (nSPS) is 10.8. The van der Waals surface area contributed by atoms with Gasteiger partial charge in [-0.15, -0.1) is 0 Å². The third-order valence-corrected chi connectivity index (χ3v) is 3.11. The van der Waals surface area contributed by atoms with Gasteiger partial charge in [0.25, 0.3) is 0 Å². The average molecular weight is 283 g/mol. The topological polar surface area (TPSA) is 82.6 Å². The Hall–Kier alpha value is -2.70. The predicted octanol–water partition coefficient (Wildman–Crippen LogP) is 1.82. The van der Waals surface area contributed by atoms with Crippen molar-refractivity contribution < 1.29 is 0 Å². The minimum atomic E-state index is 0.588. The highest BCUT2D eigenvalue weighted by Gasteiger charge is 2.13. The number of pyridine rings is 1. The van der Waals surface area contributed by atoms with Crippen molar-refractivity contribution in [3.8, 4) is 0 Å². The van der Waals surface area contributed by atoms with Crippen molar-refractivity contribution in [2.75, 3.05) is 23.8 Å². The molecule has 3 rings (SSSR count). The molecule has 0 radical (unpaired) electrons. The largest absolute Gasteiger partial charge is 0.354 e. The van der Waals surface area contributed by atoms with Crippen molar-refractivity contribution in [2.45, 2.75) is 13.5 Å². The summed E-state index contributed by atoms with van der Waals surface area (Å²) in [7, 11) is 1.99. The Kier molecular flexibility index (Phi) is 3.63. The monoisotopic (exact) mass is 283 g/mol. The van der Waals surface area contributed by atoms with Crippen LogP contribution < -0.4 is 10.2 Å². The Balaban J connectivity index is 1.96. The van der Waals surface area contributed by atoms with E-state index in [4.69, 9.17) is 0 Å². The van der Waals surface area contributed by atoms with Crippen LogP contribution in [0.3, 0.4) is 0 Å². The predicted molar refractivity (Wildman–Crippen MR) is 82.2 cm³/mol. The lowest BCUT2D eigenvalue weighted by Crippen LogP contribution is -2.19. The van der Waals surface area contributed by atoms with Crippen LogP contribution in [0.1, 0.15) is 12.5 Å². The maximum Gasteiger partial charge on any atom is 0.226 e. The fourth-order valence-corrected chi connectivity index (χ4v) is 2.17. The molecule has 0 aliphatic heterocycles. The molecule has 0 aliphatic carbocycles. The zero-order valence-corrected chi connectivity index (χ0v) is 12.0. The van der Waals surface area contributed by atoms with Crippen molar-refractivity contribution in [1.29, 1.82) is 0 Å². The van der Waals surface area contributed by atoms with Gasteiger partial charge in [-0.2, -0.15) is 9.97 Å². The van der Waals surface area contributed by atoms with Gasteiger partial charge in [-0.1, -0.05) is 6.07 Å². The summed E-state index contributed by atoms with van der Waals surface area (Å²) in [5.41, 5.74) is 2.62. The first kappa shape index (κ1) is 13.3. The summed E-state index contributed by atoms with van der Waals surface area (Å²) in [5, 5.41) is 3.13. The second-order valence-corrected chi connectivity index (χ2v) is 4.72. The van der Waals surface area contributed by atoms with E-state index in [1.165, 1.54) is 0 Å². The quantitative estimate of drug-likeness (QED) is 0.743. The van der Waals surface area contributed by atoms with E-state index < -0.39 is 0 Å². The van der Waals surface area contributed by atoms with Crippen LogP contribution in [-0.4, -0.2) is 38.5 Å². The van der Waals surface area contributed by atoms with Gasteiger partial charge in [0.05, 0.1) is 6.33 Å². The van der Waals surface area contributed by atoms with Gasteiger partial charge in [0.2, 0.25) is 5.95 Å². The molecule has 0 bridgehead atoms. The molecule has 0 unspecified atom stereocenters. The Morgan fingerprint density at radius 1 is 1.33 bits per heavy atom. The van der Waals surface area contributed by atoms with E-state index in [0.29, 0.717) is 18.1 Å². The minimum absolute atomic E-state index is 0.588. The van der Waals surface area contributed by atoms with Crippen molar-refractivity contribution in [1.82, 2.24) is 24.9 Å². The van der Waals surface area contributed by atoms with E-state index >= 15 is 0 Å². The summed E-state index contributed by atoms with van der Waals surface area (Å²) >= 11 is 0. The summed E-state index contributed by atoms with van der Waals surface area (Å²) in [6, 6.07) is 3.97. The smallest absolute Gasteiger partial charge is 0.226 e. The van der Waals surface area contributed by atoms with Crippen LogP contribution in [0.2, 0.25) is 0 Å². The standard InChI is InChI=1S/C14H17N7/c1-3-16-14-19-12-11(17-9-18-12)13(20-14)21(2)8-10-5-4-6-15-7-10/h4-7,9H,3,8H2,1-2H3,(H2,16,17,18,19,20). The molecule has 108 valence electrons. The first-order valence-corrected chi connectivity index (χ1v) is 6.83. The zero-order valence-electron chi connectivity index (χ0n) is 12.0. The molecule has 3 aromatic heterocycles. The van der Waals surface area contributed by atoms with E-state index in [1.54, 1.807) is 12.5 Å². The highest BCUT2D eigenvalue weighted by molar-refractivity contribution is 5.84. The number of H-pyrrole nitrogens is 1. The molecule has 0 fully saturated rings. The summed E-state index contributed by atoms with van der Waals surface area (Å²) in [5.74, 6) is 1.41. The van der Waals surface area contributed by atoms with Crippen LogP contribution in [0.25, 0.3) is 11.2 Å². The maximum atomic E-state index is 4.57. The molecule has 2 N–H and O–H groups in total. The molecule has 0 aliphatic rings. The number of anilines is 2. The van der Waals surface area contributed by atoms with E-state index in [9.17, 15) is 0 Å². The molecule has 0 spiro atoms. The summed E-state index contributed by atoms with van der Waals surface area (Å²) in [6.45, 7) is 3.49. The summed E-state index contributed by atoms with van der Waals surface area (Å²) in [6.07, 6.45) is 5.26. The molecule has 0 amide bonds. The van der Waals surface area contributed by atoms with Gasteiger partial charge in [0.1, 0.15) is 5.52 Å². The van der Waals surface area contributed by atoms with Gasteiger partial charge < -0.3 is 15.2 Å². The number of nitrogens with one attached hydrogen (secondary N) is 2. The van der Waals surface area contributed by atoms with Gasteiger partial charge in [0, 0.05) is 32.5 Å². The molecule has 0 aromatic carbocycles.